The molecule has 1 amide bonds. The molecule has 0 saturated carbocycles. The summed E-state index contributed by atoms with van der Waals surface area (Å²) >= 11 is 0. The van der Waals surface area contributed by atoms with Gasteiger partial charge in [-0.1, -0.05) is 18.2 Å². The average Bonchev–Trinajstić information content (AvgIpc) is 2.89. The minimum atomic E-state index is -0.471. The van der Waals surface area contributed by atoms with E-state index in [1.54, 1.807) is 4.90 Å². The number of carbonyl (C=O) groups is 1. The number of amides is 1. The molecule has 5 heteroatoms. The van der Waals surface area contributed by atoms with Gasteiger partial charge in [0, 0.05) is 18.7 Å². The summed E-state index contributed by atoms with van der Waals surface area (Å²) in [7, 11) is 0. The van der Waals surface area contributed by atoms with Gasteiger partial charge in [0.2, 0.25) is 5.89 Å². The highest BCUT2D eigenvalue weighted by Crippen LogP contribution is 2.26. The summed E-state index contributed by atoms with van der Waals surface area (Å²) in [6.45, 7) is 6.74. The molecule has 1 aromatic carbocycles. The van der Waals surface area contributed by atoms with Crippen LogP contribution in [0.25, 0.3) is 16.7 Å². The maximum absolute atomic E-state index is 12.0. The monoisotopic (exact) mass is 300 g/mol. The van der Waals surface area contributed by atoms with Crippen molar-refractivity contribution in [1.29, 1.82) is 0 Å². The van der Waals surface area contributed by atoms with Gasteiger partial charge < -0.3 is 14.1 Å². The van der Waals surface area contributed by atoms with Gasteiger partial charge in [-0.3, -0.25) is 0 Å². The van der Waals surface area contributed by atoms with Crippen molar-refractivity contribution in [2.45, 2.75) is 32.8 Å². The molecule has 0 spiro atoms. The molecule has 0 saturated heterocycles. The number of fused-ring (bicyclic) bond motifs is 1. The Hall–Kier alpha value is -2.30. The topological polar surface area (TPSA) is 55.6 Å². The van der Waals surface area contributed by atoms with E-state index >= 15 is 0 Å². The molecule has 22 heavy (non-hydrogen) atoms. The van der Waals surface area contributed by atoms with E-state index in [4.69, 9.17) is 9.15 Å². The normalized spacial score (nSPS) is 15.8. The number of aromatic nitrogens is 1. The molecule has 2 aromatic rings. The van der Waals surface area contributed by atoms with Crippen molar-refractivity contribution < 1.29 is 13.9 Å². The molecule has 0 unspecified atom stereocenters. The Labute approximate surface area is 129 Å². The van der Waals surface area contributed by atoms with E-state index in [0.29, 0.717) is 25.4 Å². The SMILES string of the molecule is CC(C)(C)OC(=O)N1CC=C(c2nc3ccccc3o2)CC1. The predicted octanol–water partition coefficient (Wildman–Crippen LogP) is 3.85. The van der Waals surface area contributed by atoms with Gasteiger partial charge in [0.1, 0.15) is 11.1 Å². The van der Waals surface area contributed by atoms with Crippen molar-refractivity contribution >= 4 is 22.8 Å². The van der Waals surface area contributed by atoms with Gasteiger partial charge >= 0.3 is 6.09 Å². The molecule has 0 atom stereocenters. The quantitative estimate of drug-likeness (QED) is 0.802. The van der Waals surface area contributed by atoms with Crippen LogP contribution in [0.5, 0.6) is 0 Å². The molecule has 5 nitrogen and oxygen atoms in total. The van der Waals surface area contributed by atoms with Crippen molar-refractivity contribution in [3.63, 3.8) is 0 Å². The molecule has 3 rings (SSSR count). The maximum atomic E-state index is 12.0. The van der Waals surface area contributed by atoms with Gasteiger partial charge in [0.05, 0.1) is 0 Å². The lowest BCUT2D eigenvalue weighted by Crippen LogP contribution is -2.39. The van der Waals surface area contributed by atoms with Crippen molar-refractivity contribution in [3.05, 3.63) is 36.2 Å². The van der Waals surface area contributed by atoms with Gasteiger partial charge in [0.15, 0.2) is 5.58 Å². The van der Waals surface area contributed by atoms with Gasteiger partial charge in [0.25, 0.3) is 0 Å². The van der Waals surface area contributed by atoms with Gasteiger partial charge in [-0.25, -0.2) is 9.78 Å². The molecule has 0 aliphatic carbocycles. The highest BCUT2D eigenvalue weighted by molar-refractivity contribution is 5.76. The van der Waals surface area contributed by atoms with Gasteiger partial charge in [-0.2, -0.15) is 0 Å². The second-order valence-electron chi connectivity index (χ2n) is 6.39. The Morgan fingerprint density at radius 2 is 2.09 bits per heavy atom. The number of benzene rings is 1. The molecule has 0 fully saturated rings. The third-order valence-electron chi connectivity index (χ3n) is 3.43. The Balaban J connectivity index is 1.72. The Morgan fingerprint density at radius 3 is 2.73 bits per heavy atom. The first-order chi connectivity index (χ1) is 10.4. The summed E-state index contributed by atoms with van der Waals surface area (Å²) in [6, 6.07) is 7.70. The Bertz CT molecular complexity index is 692. The molecule has 0 N–H and O–H groups in total. The van der Waals surface area contributed by atoms with Crippen LogP contribution in [0, 0.1) is 0 Å². The van der Waals surface area contributed by atoms with E-state index in [9.17, 15) is 4.79 Å². The third-order valence-corrected chi connectivity index (χ3v) is 3.43. The minimum Gasteiger partial charge on any atom is -0.444 e. The zero-order valence-corrected chi connectivity index (χ0v) is 13.1. The predicted molar refractivity (Wildman–Crippen MR) is 84.4 cm³/mol. The Morgan fingerprint density at radius 1 is 1.32 bits per heavy atom. The van der Waals surface area contributed by atoms with E-state index in [1.165, 1.54) is 0 Å². The molecule has 0 radical (unpaired) electrons. The fourth-order valence-corrected chi connectivity index (χ4v) is 2.37. The first kappa shape index (κ1) is 14.6. The van der Waals surface area contributed by atoms with Crippen LogP contribution in [0.15, 0.2) is 34.8 Å². The number of hydrogen-bond acceptors (Lipinski definition) is 4. The van der Waals surface area contributed by atoms with Crippen LogP contribution < -0.4 is 0 Å². The van der Waals surface area contributed by atoms with Gasteiger partial charge in [-0.15, -0.1) is 0 Å². The number of oxazole rings is 1. The summed E-state index contributed by atoms with van der Waals surface area (Å²) in [6.07, 6.45) is 2.42. The minimum absolute atomic E-state index is 0.277. The Kier molecular flexibility index (Phi) is 3.64. The molecular formula is C17H20N2O3. The lowest BCUT2D eigenvalue weighted by atomic mass is 10.1. The molecule has 116 valence electrons. The molecule has 0 bridgehead atoms. The van der Waals surface area contributed by atoms with Gasteiger partial charge in [-0.05, 0) is 39.3 Å². The fourth-order valence-electron chi connectivity index (χ4n) is 2.37. The van der Waals surface area contributed by atoms with Crippen LogP contribution in [-0.4, -0.2) is 34.7 Å². The van der Waals surface area contributed by atoms with Crippen LogP contribution >= 0.6 is 0 Å². The summed E-state index contributed by atoms with van der Waals surface area (Å²) in [5.74, 6) is 0.644. The molecule has 1 aliphatic rings. The number of nitrogens with zero attached hydrogens (tertiary/aromatic N) is 2. The maximum Gasteiger partial charge on any atom is 0.410 e. The second-order valence-corrected chi connectivity index (χ2v) is 6.39. The highest BCUT2D eigenvalue weighted by atomic mass is 16.6. The van der Waals surface area contributed by atoms with Crippen molar-refractivity contribution in [2.24, 2.45) is 0 Å². The van der Waals surface area contributed by atoms with Crippen LogP contribution in [-0.2, 0) is 4.74 Å². The van der Waals surface area contributed by atoms with Crippen LogP contribution in [0.3, 0.4) is 0 Å². The van der Waals surface area contributed by atoms with Crippen molar-refractivity contribution in [2.75, 3.05) is 13.1 Å². The standard InChI is InChI=1S/C17H20N2O3/c1-17(2,3)22-16(20)19-10-8-12(9-11-19)15-18-13-6-4-5-7-14(13)21-15/h4-8H,9-11H2,1-3H3. The average molecular weight is 300 g/mol. The van der Waals surface area contributed by atoms with Crippen molar-refractivity contribution in [1.82, 2.24) is 9.88 Å². The zero-order valence-electron chi connectivity index (χ0n) is 13.1. The number of para-hydroxylation sites is 2. The van der Waals surface area contributed by atoms with E-state index in [2.05, 4.69) is 4.98 Å². The number of hydrogen-bond donors (Lipinski definition) is 0. The molecular weight excluding hydrogens is 280 g/mol. The zero-order chi connectivity index (χ0) is 15.7. The number of ether oxygens (including phenoxy) is 1. The van der Waals surface area contributed by atoms with E-state index in [1.807, 2.05) is 51.1 Å². The van der Waals surface area contributed by atoms with Crippen LogP contribution in [0.1, 0.15) is 33.1 Å². The largest absolute Gasteiger partial charge is 0.444 e. The third kappa shape index (κ3) is 3.13. The smallest absolute Gasteiger partial charge is 0.410 e. The van der Waals surface area contributed by atoms with E-state index in [-0.39, 0.29) is 6.09 Å². The first-order valence-corrected chi connectivity index (χ1v) is 7.45. The summed E-state index contributed by atoms with van der Waals surface area (Å²) in [5, 5.41) is 0. The number of carbonyl (C=O) groups excluding carboxylic acids is 1. The molecule has 2 heterocycles. The fraction of sp³-hybridized carbons (Fsp3) is 0.412. The first-order valence-electron chi connectivity index (χ1n) is 7.45. The van der Waals surface area contributed by atoms with Crippen LogP contribution in [0.2, 0.25) is 0 Å². The lowest BCUT2D eigenvalue weighted by Gasteiger charge is -2.29. The molecule has 1 aliphatic heterocycles. The second kappa shape index (κ2) is 5.48. The summed E-state index contributed by atoms with van der Waals surface area (Å²) in [5.41, 5.74) is 2.21. The summed E-state index contributed by atoms with van der Waals surface area (Å²) in [4.78, 5) is 18.2. The highest BCUT2D eigenvalue weighted by Gasteiger charge is 2.25. The molecule has 1 aromatic heterocycles. The van der Waals surface area contributed by atoms with Crippen molar-refractivity contribution in [3.8, 4) is 0 Å². The van der Waals surface area contributed by atoms with Crippen LogP contribution in [0.4, 0.5) is 4.79 Å². The number of rotatable bonds is 1. The lowest BCUT2D eigenvalue weighted by molar-refractivity contribution is 0.0270. The van der Waals surface area contributed by atoms with E-state index in [0.717, 1.165) is 16.7 Å². The van der Waals surface area contributed by atoms with E-state index < -0.39 is 5.60 Å². The summed E-state index contributed by atoms with van der Waals surface area (Å²) < 4.78 is 11.2.